The summed E-state index contributed by atoms with van der Waals surface area (Å²) >= 11 is 0. The van der Waals surface area contributed by atoms with Gasteiger partial charge in [-0.2, -0.15) is 0 Å². The van der Waals surface area contributed by atoms with E-state index in [1.165, 1.54) is 13.8 Å². The van der Waals surface area contributed by atoms with E-state index in [2.05, 4.69) is 5.29 Å². The number of carbonyl (C=O) groups excluding carboxylic acids is 1. The second-order valence-corrected chi connectivity index (χ2v) is 2.54. The molecule has 0 aliphatic heterocycles. The van der Waals surface area contributed by atoms with E-state index in [1.807, 2.05) is 0 Å². The molecule has 1 unspecified atom stereocenters. The summed E-state index contributed by atoms with van der Waals surface area (Å²) in [5.41, 5.74) is -1.29. The van der Waals surface area contributed by atoms with Crippen molar-refractivity contribution >= 4 is 5.78 Å². The molecule has 0 fully saturated rings. The molecule has 1 atom stereocenters. The summed E-state index contributed by atoms with van der Waals surface area (Å²) in [6.07, 6.45) is 0.275. The number of ketones is 1. The van der Waals surface area contributed by atoms with Gasteiger partial charge in [-0.25, -0.2) is 0 Å². The molecule has 64 valence electrons. The van der Waals surface area contributed by atoms with Gasteiger partial charge in [0.1, 0.15) is 5.54 Å². The van der Waals surface area contributed by atoms with E-state index in [9.17, 15) is 14.9 Å². The predicted molar refractivity (Wildman–Crippen MR) is 40.4 cm³/mol. The number of hydrogen-bond donors (Lipinski definition) is 0. The van der Waals surface area contributed by atoms with Crippen molar-refractivity contribution in [2.24, 2.45) is 5.29 Å². The summed E-state index contributed by atoms with van der Waals surface area (Å²) in [7, 11) is 0. The van der Waals surface area contributed by atoms with Gasteiger partial charge in [-0.15, -0.1) is 4.91 Å². The van der Waals surface area contributed by atoms with E-state index in [1.54, 1.807) is 6.92 Å². The molecule has 0 saturated heterocycles. The van der Waals surface area contributed by atoms with Crippen molar-refractivity contribution in [2.45, 2.75) is 32.7 Å². The van der Waals surface area contributed by atoms with E-state index in [0.29, 0.717) is 0 Å². The van der Waals surface area contributed by atoms with Gasteiger partial charge >= 0.3 is 51.4 Å². The molecule has 0 bridgehead atoms. The van der Waals surface area contributed by atoms with Crippen LogP contribution in [0.15, 0.2) is 5.29 Å². The first kappa shape index (κ1) is 15.2. The zero-order valence-electron chi connectivity index (χ0n) is 7.83. The van der Waals surface area contributed by atoms with E-state index >= 15 is 0 Å². The molecule has 0 heterocycles. The average molecular weight is 198 g/mol. The fourth-order valence-corrected chi connectivity index (χ4v) is 0.609. The molecule has 0 saturated carbocycles. The minimum absolute atomic E-state index is 0. The Hall–Kier alpha value is 0.666. The Morgan fingerprint density at radius 2 is 2.08 bits per heavy atom. The molecule has 0 aromatic heterocycles. The molecule has 0 spiro atoms. The molecular weight excluding hydrogens is 187 g/mol. The number of nitrogens with zero attached hydrogens (tertiary/aromatic N) is 2. The van der Waals surface area contributed by atoms with Crippen LogP contribution in [0.25, 0.3) is 0 Å². The second kappa shape index (κ2) is 6.17. The van der Waals surface area contributed by atoms with E-state index in [4.69, 9.17) is 0 Å². The van der Waals surface area contributed by atoms with Crippen LogP contribution in [0.2, 0.25) is 0 Å². The van der Waals surface area contributed by atoms with Gasteiger partial charge in [0.25, 0.3) is 0 Å². The smallest absolute Gasteiger partial charge is 0.739 e. The Kier molecular flexibility index (Phi) is 7.79. The first-order valence-corrected chi connectivity index (χ1v) is 3.30. The molecule has 6 heteroatoms. The topological polar surface area (TPSA) is 72.8 Å². The number of nitroso groups, excluding NO2 is 1. The van der Waals surface area contributed by atoms with E-state index in [0.717, 1.165) is 0 Å². The first-order chi connectivity index (χ1) is 4.99. The van der Waals surface area contributed by atoms with Crippen LogP contribution in [-0.2, 0) is 4.79 Å². The SMILES string of the molecule is CCC(C)(C(C)=O)N([O-])N=O.[K+]. The molecular formula is C6H11KN2O3. The van der Waals surface area contributed by atoms with Gasteiger partial charge in [0, 0.05) is 5.29 Å². The fourth-order valence-electron chi connectivity index (χ4n) is 0.609. The summed E-state index contributed by atoms with van der Waals surface area (Å²) < 4.78 is 0. The standard InChI is InChI=1S/C6H11N2O3.K/c1-4-6(3,5(2)9)8(11)7-10;/h4H2,1-3H3;/q-1;+1. The fraction of sp³-hybridized carbons (Fsp3) is 0.833. The molecule has 0 aromatic carbocycles. The minimum atomic E-state index is -1.29. The van der Waals surface area contributed by atoms with Crippen LogP contribution < -0.4 is 51.4 Å². The van der Waals surface area contributed by atoms with Gasteiger partial charge in [0.05, 0.1) is 0 Å². The summed E-state index contributed by atoms with van der Waals surface area (Å²) in [4.78, 5) is 20.7. The molecule has 5 nitrogen and oxygen atoms in total. The van der Waals surface area contributed by atoms with Crippen LogP contribution in [-0.4, -0.2) is 16.5 Å². The van der Waals surface area contributed by atoms with Crippen molar-refractivity contribution in [3.8, 4) is 0 Å². The minimum Gasteiger partial charge on any atom is -0.739 e. The van der Waals surface area contributed by atoms with Crippen molar-refractivity contribution < 1.29 is 56.2 Å². The Morgan fingerprint density at radius 1 is 1.67 bits per heavy atom. The van der Waals surface area contributed by atoms with Crippen LogP contribution in [0.5, 0.6) is 0 Å². The van der Waals surface area contributed by atoms with Gasteiger partial charge in [0.2, 0.25) is 0 Å². The molecule has 0 aliphatic rings. The summed E-state index contributed by atoms with van der Waals surface area (Å²) in [5.74, 6) is -0.352. The summed E-state index contributed by atoms with van der Waals surface area (Å²) in [6.45, 7) is 4.31. The first-order valence-electron chi connectivity index (χ1n) is 3.30. The van der Waals surface area contributed by atoms with Gasteiger partial charge < -0.3 is 10.4 Å². The number of carbonyl (C=O) groups is 1. The summed E-state index contributed by atoms with van der Waals surface area (Å²) in [6, 6.07) is 0. The quantitative estimate of drug-likeness (QED) is 0.304. The molecule has 0 rings (SSSR count). The Morgan fingerprint density at radius 3 is 2.17 bits per heavy atom. The zero-order valence-corrected chi connectivity index (χ0v) is 10.9. The van der Waals surface area contributed by atoms with Crippen molar-refractivity contribution in [3.63, 3.8) is 0 Å². The molecule has 0 radical (unpaired) electrons. The van der Waals surface area contributed by atoms with Crippen LogP contribution in [0, 0.1) is 10.1 Å². The predicted octanol–water partition coefficient (Wildman–Crippen LogP) is -1.77. The normalized spacial score (nSPS) is 14.0. The number of Topliss-reactive ketones (excluding diaryl/α,β-unsaturated/α-hetero) is 1. The van der Waals surface area contributed by atoms with Crippen molar-refractivity contribution in [1.82, 2.24) is 5.17 Å². The van der Waals surface area contributed by atoms with Crippen LogP contribution >= 0.6 is 0 Å². The van der Waals surface area contributed by atoms with E-state index < -0.39 is 5.54 Å². The Labute approximate surface area is 114 Å². The number of rotatable bonds is 4. The van der Waals surface area contributed by atoms with Crippen LogP contribution in [0.3, 0.4) is 0 Å². The van der Waals surface area contributed by atoms with Crippen LogP contribution in [0.4, 0.5) is 0 Å². The van der Waals surface area contributed by atoms with Gasteiger partial charge in [0.15, 0.2) is 5.78 Å². The third-order valence-corrected chi connectivity index (χ3v) is 1.94. The maximum atomic E-state index is 10.9. The average Bonchev–Trinajstić information content (AvgIpc) is 2.01. The molecule has 0 aliphatic carbocycles. The van der Waals surface area contributed by atoms with Gasteiger partial charge in [-0.05, 0) is 20.3 Å². The maximum Gasteiger partial charge on any atom is 1.00 e. The Balaban J connectivity index is 0. The maximum absolute atomic E-state index is 10.9. The Bertz CT molecular complexity index is 176. The third kappa shape index (κ3) is 3.19. The largest absolute Gasteiger partial charge is 1.00 e. The third-order valence-electron chi connectivity index (χ3n) is 1.94. The van der Waals surface area contributed by atoms with Crippen molar-refractivity contribution in [1.29, 1.82) is 0 Å². The molecule has 0 N–H and O–H groups in total. The van der Waals surface area contributed by atoms with Crippen molar-refractivity contribution in [3.05, 3.63) is 10.1 Å². The van der Waals surface area contributed by atoms with Gasteiger partial charge in [-0.1, -0.05) is 6.92 Å². The zero-order chi connectivity index (χ0) is 9.07. The molecule has 0 amide bonds. The van der Waals surface area contributed by atoms with Gasteiger partial charge in [-0.3, -0.25) is 4.79 Å². The van der Waals surface area contributed by atoms with Crippen LogP contribution in [0.1, 0.15) is 27.2 Å². The summed E-state index contributed by atoms with van der Waals surface area (Å²) in [5, 5.41) is 12.8. The van der Waals surface area contributed by atoms with E-state index in [-0.39, 0.29) is 68.8 Å². The number of hydrogen-bond acceptors (Lipinski definition) is 4. The second-order valence-electron chi connectivity index (χ2n) is 2.54. The monoisotopic (exact) mass is 198 g/mol. The van der Waals surface area contributed by atoms with Crippen molar-refractivity contribution in [2.75, 3.05) is 0 Å². The molecule has 0 aromatic rings. The molecule has 12 heavy (non-hydrogen) atoms. The number of hydroxylamine groups is 1.